The number of rotatable bonds is 0. The van der Waals surface area contributed by atoms with E-state index in [1.54, 1.807) is 6.20 Å². The zero-order chi connectivity index (χ0) is 6.97. The molecule has 0 spiro atoms. The van der Waals surface area contributed by atoms with Gasteiger partial charge >= 0.3 is 0 Å². The number of aromatic nitrogens is 4. The molecule has 0 aliphatic rings. The van der Waals surface area contributed by atoms with Crippen LogP contribution in [0.25, 0.3) is 11.0 Å². The third-order valence-corrected chi connectivity index (χ3v) is 1.48. The SMILES string of the molecule is Cl.Clc1ncnc2cn[nH]c12. The molecule has 2 rings (SSSR count). The number of fused-ring (bicyclic) bond motifs is 1. The van der Waals surface area contributed by atoms with E-state index in [1.165, 1.54) is 6.33 Å². The third-order valence-electron chi connectivity index (χ3n) is 1.19. The van der Waals surface area contributed by atoms with Crippen molar-refractivity contribution in [3.63, 3.8) is 0 Å². The second-order valence-corrected chi connectivity index (χ2v) is 2.15. The molecule has 4 nitrogen and oxygen atoms in total. The summed E-state index contributed by atoms with van der Waals surface area (Å²) in [6.07, 6.45) is 3.00. The Morgan fingerprint density at radius 1 is 1.36 bits per heavy atom. The number of nitrogens with zero attached hydrogens (tertiary/aromatic N) is 3. The van der Waals surface area contributed by atoms with Crippen LogP contribution in [0.15, 0.2) is 12.5 Å². The fourth-order valence-electron chi connectivity index (χ4n) is 0.736. The van der Waals surface area contributed by atoms with Gasteiger partial charge in [0.2, 0.25) is 0 Å². The minimum absolute atomic E-state index is 0. The summed E-state index contributed by atoms with van der Waals surface area (Å²) in [7, 11) is 0. The lowest BCUT2D eigenvalue weighted by molar-refractivity contribution is 1.11. The molecule has 2 heterocycles. The van der Waals surface area contributed by atoms with Gasteiger partial charge < -0.3 is 0 Å². The van der Waals surface area contributed by atoms with E-state index in [9.17, 15) is 0 Å². The zero-order valence-electron chi connectivity index (χ0n) is 5.28. The van der Waals surface area contributed by atoms with Gasteiger partial charge in [-0.05, 0) is 0 Å². The van der Waals surface area contributed by atoms with E-state index in [4.69, 9.17) is 11.6 Å². The summed E-state index contributed by atoms with van der Waals surface area (Å²) in [5.41, 5.74) is 1.42. The first kappa shape index (κ1) is 8.23. The van der Waals surface area contributed by atoms with Crippen LogP contribution in [0.3, 0.4) is 0 Å². The van der Waals surface area contributed by atoms with Gasteiger partial charge in [0, 0.05) is 0 Å². The molecule has 6 heteroatoms. The van der Waals surface area contributed by atoms with E-state index in [0.717, 1.165) is 5.52 Å². The van der Waals surface area contributed by atoms with Crippen LogP contribution in [-0.4, -0.2) is 20.2 Å². The molecule has 0 aliphatic carbocycles. The molecule has 1 N–H and O–H groups in total. The van der Waals surface area contributed by atoms with Crippen LogP contribution in [0.2, 0.25) is 5.15 Å². The summed E-state index contributed by atoms with van der Waals surface area (Å²) in [5.74, 6) is 0. The average molecular weight is 191 g/mol. The van der Waals surface area contributed by atoms with Gasteiger partial charge in [-0.15, -0.1) is 12.4 Å². The second kappa shape index (κ2) is 3.02. The van der Waals surface area contributed by atoms with Crippen molar-refractivity contribution < 1.29 is 0 Å². The van der Waals surface area contributed by atoms with E-state index in [1.807, 2.05) is 0 Å². The Bertz CT molecular complexity index is 358. The predicted molar refractivity (Wildman–Crippen MR) is 43.9 cm³/mol. The highest BCUT2D eigenvalue weighted by Crippen LogP contribution is 2.14. The first-order valence-corrected chi connectivity index (χ1v) is 3.05. The molecule has 0 bridgehead atoms. The number of hydrogen-bond acceptors (Lipinski definition) is 3. The molecular weight excluding hydrogens is 187 g/mol. The molecule has 0 aliphatic heterocycles. The van der Waals surface area contributed by atoms with Gasteiger partial charge in [-0.3, -0.25) is 5.10 Å². The maximum atomic E-state index is 5.68. The standard InChI is InChI=1S/C5H3ClN4.ClH/c6-5-4-3(1-9-10-4)7-2-8-5;/h1-2H,(H,9,10);1H. The molecule has 0 saturated carbocycles. The molecule has 0 radical (unpaired) electrons. The molecule has 0 atom stereocenters. The van der Waals surface area contributed by atoms with Crippen LogP contribution >= 0.6 is 24.0 Å². The highest BCUT2D eigenvalue weighted by atomic mass is 35.5. The fourth-order valence-corrected chi connectivity index (χ4v) is 0.919. The van der Waals surface area contributed by atoms with Crippen LogP contribution in [-0.2, 0) is 0 Å². The molecule has 58 valence electrons. The van der Waals surface area contributed by atoms with Gasteiger partial charge in [0.25, 0.3) is 0 Å². The third kappa shape index (κ3) is 1.27. The fraction of sp³-hybridized carbons (Fsp3) is 0. The van der Waals surface area contributed by atoms with Crippen LogP contribution in [0.4, 0.5) is 0 Å². The Kier molecular flexibility index (Phi) is 2.26. The van der Waals surface area contributed by atoms with E-state index < -0.39 is 0 Å². The lowest BCUT2D eigenvalue weighted by atomic mass is 10.5. The van der Waals surface area contributed by atoms with Crippen molar-refractivity contribution in [1.29, 1.82) is 0 Å². The van der Waals surface area contributed by atoms with Crippen LogP contribution < -0.4 is 0 Å². The van der Waals surface area contributed by atoms with E-state index in [2.05, 4.69) is 20.2 Å². The average Bonchev–Trinajstić information content (AvgIpc) is 2.36. The largest absolute Gasteiger partial charge is 0.273 e. The second-order valence-electron chi connectivity index (χ2n) is 1.79. The maximum absolute atomic E-state index is 5.68. The number of nitrogens with one attached hydrogen (secondary N) is 1. The van der Waals surface area contributed by atoms with E-state index in [-0.39, 0.29) is 12.4 Å². The normalized spacial score (nSPS) is 9.55. The molecule has 0 amide bonds. The van der Waals surface area contributed by atoms with E-state index >= 15 is 0 Å². The highest BCUT2D eigenvalue weighted by molar-refractivity contribution is 6.33. The Morgan fingerprint density at radius 3 is 2.91 bits per heavy atom. The Balaban J connectivity index is 0.000000605. The summed E-state index contributed by atoms with van der Waals surface area (Å²) in [4.78, 5) is 7.68. The summed E-state index contributed by atoms with van der Waals surface area (Å²) >= 11 is 5.68. The molecule has 2 aromatic rings. The van der Waals surface area contributed by atoms with Crippen molar-refractivity contribution in [3.8, 4) is 0 Å². The molecule has 0 fully saturated rings. The van der Waals surface area contributed by atoms with Crippen molar-refractivity contribution in [2.24, 2.45) is 0 Å². The summed E-state index contributed by atoms with van der Waals surface area (Å²) in [5, 5.41) is 6.84. The van der Waals surface area contributed by atoms with Crippen molar-refractivity contribution in [2.45, 2.75) is 0 Å². The number of hydrogen-bond donors (Lipinski definition) is 1. The van der Waals surface area contributed by atoms with Gasteiger partial charge in [0.1, 0.15) is 17.4 Å². The quantitative estimate of drug-likeness (QED) is 0.640. The lowest BCUT2D eigenvalue weighted by Gasteiger charge is -1.87. The van der Waals surface area contributed by atoms with Gasteiger partial charge in [-0.1, -0.05) is 11.6 Å². The molecule has 0 saturated heterocycles. The minimum Gasteiger partial charge on any atom is -0.273 e. The highest BCUT2D eigenvalue weighted by Gasteiger charge is 1.99. The minimum atomic E-state index is 0. The van der Waals surface area contributed by atoms with Crippen molar-refractivity contribution >= 4 is 35.0 Å². The predicted octanol–water partition coefficient (Wildman–Crippen LogP) is 1.43. The van der Waals surface area contributed by atoms with Gasteiger partial charge in [0.15, 0.2) is 5.15 Å². The maximum Gasteiger partial charge on any atom is 0.158 e. The number of aromatic amines is 1. The first-order valence-electron chi connectivity index (χ1n) is 2.67. The van der Waals surface area contributed by atoms with Crippen LogP contribution in [0, 0.1) is 0 Å². The summed E-state index contributed by atoms with van der Waals surface area (Å²) < 4.78 is 0. The summed E-state index contributed by atoms with van der Waals surface area (Å²) in [6.45, 7) is 0. The number of H-pyrrole nitrogens is 1. The van der Waals surface area contributed by atoms with Gasteiger partial charge in [-0.25, -0.2) is 9.97 Å². The van der Waals surface area contributed by atoms with Crippen LogP contribution in [0.1, 0.15) is 0 Å². The van der Waals surface area contributed by atoms with Crippen molar-refractivity contribution in [1.82, 2.24) is 20.2 Å². The molecule has 11 heavy (non-hydrogen) atoms. The Hall–Kier alpha value is -0.870. The number of halogens is 2. The van der Waals surface area contributed by atoms with Crippen molar-refractivity contribution in [3.05, 3.63) is 17.7 Å². The smallest absolute Gasteiger partial charge is 0.158 e. The van der Waals surface area contributed by atoms with Crippen LogP contribution in [0.5, 0.6) is 0 Å². The Labute approximate surface area is 73.4 Å². The molecule has 0 aromatic carbocycles. The lowest BCUT2D eigenvalue weighted by Crippen LogP contribution is -1.79. The zero-order valence-corrected chi connectivity index (χ0v) is 6.85. The Morgan fingerprint density at radius 2 is 2.18 bits per heavy atom. The molecule has 2 aromatic heterocycles. The van der Waals surface area contributed by atoms with Gasteiger partial charge in [-0.2, -0.15) is 5.10 Å². The first-order chi connectivity index (χ1) is 4.88. The van der Waals surface area contributed by atoms with E-state index in [0.29, 0.717) is 10.7 Å². The summed E-state index contributed by atoms with van der Waals surface area (Å²) in [6, 6.07) is 0. The van der Waals surface area contributed by atoms with Gasteiger partial charge in [0.05, 0.1) is 6.20 Å². The van der Waals surface area contributed by atoms with Crippen molar-refractivity contribution in [2.75, 3.05) is 0 Å². The monoisotopic (exact) mass is 190 g/mol. The molecule has 0 unspecified atom stereocenters. The molecular formula is C5H4Cl2N4. The topological polar surface area (TPSA) is 54.5 Å².